The first-order chi connectivity index (χ1) is 14.2. The predicted octanol–water partition coefficient (Wildman–Crippen LogP) is 5.27. The van der Waals surface area contributed by atoms with Crippen LogP contribution < -0.4 is 10.2 Å². The van der Waals surface area contributed by atoms with Crippen LogP contribution in [0.1, 0.15) is 21.5 Å². The Balaban J connectivity index is 1.48. The first-order valence-electron chi connectivity index (χ1n) is 9.06. The third kappa shape index (κ3) is 4.55. The molecule has 1 amide bonds. The third-order valence-corrected chi connectivity index (χ3v) is 4.91. The molecule has 0 aliphatic heterocycles. The van der Waals surface area contributed by atoms with Gasteiger partial charge in [-0.15, -0.1) is 0 Å². The molecule has 0 bridgehead atoms. The van der Waals surface area contributed by atoms with Gasteiger partial charge in [0.25, 0.3) is 5.91 Å². The Morgan fingerprint density at radius 2 is 1.86 bits per heavy atom. The van der Waals surface area contributed by atoms with E-state index >= 15 is 0 Å². The van der Waals surface area contributed by atoms with Gasteiger partial charge < -0.3 is 9.72 Å². The highest BCUT2D eigenvalue weighted by molar-refractivity contribution is 9.10. The van der Waals surface area contributed by atoms with Crippen LogP contribution >= 0.6 is 15.9 Å². The summed E-state index contributed by atoms with van der Waals surface area (Å²) in [5.41, 5.74) is 5.94. The molecule has 0 aliphatic carbocycles. The second-order valence-corrected chi connectivity index (χ2v) is 7.32. The van der Waals surface area contributed by atoms with E-state index in [2.05, 4.69) is 31.4 Å². The summed E-state index contributed by atoms with van der Waals surface area (Å²) >= 11 is 3.41. The van der Waals surface area contributed by atoms with Gasteiger partial charge in [0.05, 0.1) is 11.8 Å². The number of aromatic nitrogens is 1. The summed E-state index contributed by atoms with van der Waals surface area (Å²) in [6.45, 7) is 0.376. The van der Waals surface area contributed by atoms with Crippen LogP contribution in [0.5, 0.6) is 5.75 Å². The molecule has 6 heteroatoms. The van der Waals surface area contributed by atoms with Gasteiger partial charge in [-0.2, -0.15) is 5.10 Å². The number of rotatable bonds is 6. The van der Waals surface area contributed by atoms with Crippen molar-refractivity contribution < 1.29 is 9.53 Å². The number of halogens is 1. The molecule has 0 aliphatic rings. The molecular formula is C23H18BrN3O2. The summed E-state index contributed by atoms with van der Waals surface area (Å²) in [5.74, 6) is 0.155. The van der Waals surface area contributed by atoms with Crippen LogP contribution in [0.25, 0.3) is 10.9 Å². The Morgan fingerprint density at radius 1 is 1.07 bits per heavy atom. The number of carbonyl (C=O) groups excluding carboxylic acids is 1. The van der Waals surface area contributed by atoms with E-state index in [0.717, 1.165) is 26.5 Å². The van der Waals surface area contributed by atoms with Crippen LogP contribution in [-0.4, -0.2) is 17.1 Å². The lowest BCUT2D eigenvalue weighted by atomic mass is 10.2. The molecule has 2 N–H and O–H groups in total. The summed E-state index contributed by atoms with van der Waals surface area (Å²) in [7, 11) is 0. The number of nitrogens with one attached hydrogen (secondary N) is 2. The Morgan fingerprint density at radius 3 is 2.72 bits per heavy atom. The van der Waals surface area contributed by atoms with Gasteiger partial charge >= 0.3 is 0 Å². The predicted molar refractivity (Wildman–Crippen MR) is 118 cm³/mol. The number of benzene rings is 3. The maximum atomic E-state index is 12.7. The van der Waals surface area contributed by atoms with Crippen LogP contribution in [0.2, 0.25) is 0 Å². The number of hydrogen-bond donors (Lipinski definition) is 2. The molecule has 0 unspecified atom stereocenters. The lowest BCUT2D eigenvalue weighted by Crippen LogP contribution is -2.18. The molecule has 4 rings (SSSR count). The number of amides is 1. The van der Waals surface area contributed by atoms with E-state index in [1.165, 1.54) is 0 Å². The summed E-state index contributed by atoms with van der Waals surface area (Å²) in [6.07, 6.45) is 3.48. The first-order valence-corrected chi connectivity index (χ1v) is 9.86. The molecule has 0 spiro atoms. The van der Waals surface area contributed by atoms with Crippen molar-refractivity contribution in [1.82, 2.24) is 10.4 Å². The van der Waals surface area contributed by atoms with Gasteiger partial charge in [-0.3, -0.25) is 4.79 Å². The van der Waals surface area contributed by atoms with Crippen LogP contribution in [0.4, 0.5) is 0 Å². The van der Waals surface area contributed by atoms with Gasteiger partial charge in [0, 0.05) is 27.1 Å². The zero-order valence-corrected chi connectivity index (χ0v) is 17.0. The monoisotopic (exact) mass is 447 g/mol. The SMILES string of the molecule is O=C(N/N=C/c1c[nH]c2ccccc12)c1cc(Br)ccc1OCc1ccccc1. The normalized spacial score (nSPS) is 11.1. The minimum absolute atomic E-state index is 0.342. The van der Waals surface area contributed by atoms with E-state index in [-0.39, 0.29) is 5.91 Å². The highest BCUT2D eigenvalue weighted by Gasteiger charge is 2.13. The largest absolute Gasteiger partial charge is 0.488 e. The van der Waals surface area contributed by atoms with E-state index < -0.39 is 0 Å². The van der Waals surface area contributed by atoms with Crippen molar-refractivity contribution in [2.24, 2.45) is 5.10 Å². The lowest BCUT2D eigenvalue weighted by Gasteiger charge is -2.11. The van der Waals surface area contributed by atoms with Crippen LogP contribution in [0.15, 0.2) is 88.6 Å². The van der Waals surface area contributed by atoms with Crippen LogP contribution in [-0.2, 0) is 6.61 Å². The molecule has 0 atom stereocenters. The number of carbonyl (C=O) groups is 1. The molecule has 0 radical (unpaired) electrons. The third-order valence-electron chi connectivity index (χ3n) is 4.41. The van der Waals surface area contributed by atoms with E-state index in [0.29, 0.717) is 17.9 Å². The van der Waals surface area contributed by atoms with Gasteiger partial charge in [-0.25, -0.2) is 5.43 Å². The molecule has 3 aromatic carbocycles. The van der Waals surface area contributed by atoms with Crippen LogP contribution in [0.3, 0.4) is 0 Å². The van der Waals surface area contributed by atoms with Crippen molar-refractivity contribution in [3.05, 3.63) is 100 Å². The summed E-state index contributed by atoms with van der Waals surface area (Å²) in [6, 6.07) is 23.1. The molecule has 1 aromatic heterocycles. The van der Waals surface area contributed by atoms with Crippen molar-refractivity contribution in [2.45, 2.75) is 6.61 Å². The van der Waals surface area contributed by atoms with Crippen molar-refractivity contribution in [1.29, 1.82) is 0 Å². The quantitative estimate of drug-likeness (QED) is 0.312. The van der Waals surface area contributed by atoms with Crippen LogP contribution in [0, 0.1) is 0 Å². The van der Waals surface area contributed by atoms with E-state index in [9.17, 15) is 4.79 Å². The molecule has 4 aromatic rings. The number of nitrogens with zero attached hydrogens (tertiary/aromatic N) is 1. The molecule has 29 heavy (non-hydrogen) atoms. The Hall–Kier alpha value is -3.38. The van der Waals surface area contributed by atoms with Crippen molar-refractivity contribution in [3.63, 3.8) is 0 Å². The Kier molecular flexibility index (Phi) is 5.72. The second-order valence-electron chi connectivity index (χ2n) is 6.40. The fourth-order valence-electron chi connectivity index (χ4n) is 2.96. The highest BCUT2D eigenvalue weighted by atomic mass is 79.9. The fraction of sp³-hybridized carbons (Fsp3) is 0.0435. The van der Waals surface area contributed by atoms with Gasteiger partial charge in [-0.1, -0.05) is 64.5 Å². The van der Waals surface area contributed by atoms with Gasteiger partial charge in [0.15, 0.2) is 0 Å². The van der Waals surface area contributed by atoms with Crippen molar-refractivity contribution >= 4 is 39.0 Å². The number of ether oxygens (including phenoxy) is 1. The van der Waals surface area contributed by atoms with E-state index in [4.69, 9.17) is 4.74 Å². The number of aromatic amines is 1. The first kappa shape index (κ1) is 19.0. The van der Waals surface area contributed by atoms with Gasteiger partial charge in [0.2, 0.25) is 0 Å². The van der Waals surface area contributed by atoms with E-state index in [1.807, 2.05) is 66.9 Å². The summed E-state index contributed by atoms with van der Waals surface area (Å²) < 4.78 is 6.66. The van der Waals surface area contributed by atoms with E-state index in [1.54, 1.807) is 18.3 Å². The molecule has 1 heterocycles. The topological polar surface area (TPSA) is 66.5 Å². The maximum Gasteiger partial charge on any atom is 0.275 e. The van der Waals surface area contributed by atoms with Gasteiger partial charge in [0.1, 0.15) is 12.4 Å². The summed E-state index contributed by atoms with van der Waals surface area (Å²) in [4.78, 5) is 15.9. The molecular weight excluding hydrogens is 430 g/mol. The number of hydrazone groups is 1. The molecule has 0 saturated carbocycles. The molecule has 144 valence electrons. The molecule has 0 fully saturated rings. The average Bonchev–Trinajstić information content (AvgIpc) is 3.17. The maximum absolute atomic E-state index is 12.7. The fourth-order valence-corrected chi connectivity index (χ4v) is 3.32. The number of para-hydroxylation sites is 1. The zero-order chi connectivity index (χ0) is 20.1. The van der Waals surface area contributed by atoms with Gasteiger partial charge in [-0.05, 0) is 29.8 Å². The second kappa shape index (κ2) is 8.75. The minimum atomic E-state index is -0.342. The van der Waals surface area contributed by atoms with Crippen molar-refractivity contribution in [3.8, 4) is 5.75 Å². The number of H-pyrrole nitrogens is 1. The Bertz CT molecular complexity index is 1170. The molecule has 0 saturated heterocycles. The van der Waals surface area contributed by atoms with Crippen molar-refractivity contribution in [2.75, 3.05) is 0 Å². The standard InChI is InChI=1S/C23H18BrN3O2/c24-18-10-11-22(29-15-16-6-2-1-3-7-16)20(12-18)23(28)27-26-14-17-13-25-21-9-5-4-8-19(17)21/h1-14,25H,15H2,(H,27,28)/b26-14+. The molecule has 5 nitrogen and oxygen atoms in total. The highest BCUT2D eigenvalue weighted by Crippen LogP contribution is 2.24. The summed E-state index contributed by atoms with van der Waals surface area (Å²) in [5, 5.41) is 5.16. The smallest absolute Gasteiger partial charge is 0.275 e. The average molecular weight is 448 g/mol. The Labute approximate surface area is 176 Å². The lowest BCUT2D eigenvalue weighted by molar-refractivity contribution is 0.0950. The number of fused-ring (bicyclic) bond motifs is 1. The minimum Gasteiger partial charge on any atom is -0.488 e. The number of hydrogen-bond acceptors (Lipinski definition) is 3. The zero-order valence-electron chi connectivity index (χ0n) is 15.4.